The molecule has 1 unspecified atom stereocenters. The van der Waals surface area contributed by atoms with E-state index in [1.54, 1.807) is 0 Å². The molecule has 20 heavy (non-hydrogen) atoms. The molecule has 0 amide bonds. The van der Waals surface area contributed by atoms with E-state index in [0.717, 1.165) is 12.8 Å². The van der Waals surface area contributed by atoms with Gasteiger partial charge in [0.1, 0.15) is 5.78 Å². The fraction of sp³-hybridized carbons (Fsp3) is 0.316. The second-order valence-corrected chi connectivity index (χ2v) is 6.14. The second kappa shape index (κ2) is 4.31. The van der Waals surface area contributed by atoms with E-state index in [1.807, 2.05) is 0 Å². The molecule has 0 heterocycles. The van der Waals surface area contributed by atoms with E-state index in [1.165, 1.54) is 33.4 Å². The molecule has 0 radical (unpaired) electrons. The molecule has 2 aromatic rings. The summed E-state index contributed by atoms with van der Waals surface area (Å²) in [6.45, 7) is 2.21. The molecular formula is C19H18O. The van der Waals surface area contributed by atoms with E-state index in [9.17, 15) is 4.79 Å². The van der Waals surface area contributed by atoms with Crippen LogP contribution in [0.4, 0.5) is 0 Å². The average Bonchev–Trinajstić information content (AvgIpc) is 2.46. The molecule has 0 spiro atoms. The van der Waals surface area contributed by atoms with Crippen LogP contribution in [0, 0.1) is 0 Å². The van der Waals surface area contributed by atoms with Gasteiger partial charge in [-0.05, 0) is 52.1 Å². The SMILES string of the molecule is CC1CC(=O)Cc2ccc3c(c21)CCc1ccccc1-3. The Labute approximate surface area is 119 Å². The van der Waals surface area contributed by atoms with Crippen molar-refractivity contribution in [3.05, 3.63) is 58.7 Å². The minimum absolute atomic E-state index is 0.381. The first-order valence-electron chi connectivity index (χ1n) is 7.48. The molecule has 2 aliphatic rings. The van der Waals surface area contributed by atoms with Crippen molar-refractivity contribution in [2.24, 2.45) is 0 Å². The van der Waals surface area contributed by atoms with Crippen molar-refractivity contribution in [3.63, 3.8) is 0 Å². The molecule has 1 heteroatoms. The molecule has 0 aliphatic heterocycles. The smallest absolute Gasteiger partial charge is 0.137 e. The molecule has 0 aromatic heterocycles. The molecule has 0 bridgehead atoms. The highest BCUT2D eigenvalue weighted by Crippen LogP contribution is 2.41. The van der Waals surface area contributed by atoms with Crippen LogP contribution in [0.25, 0.3) is 11.1 Å². The van der Waals surface area contributed by atoms with Crippen LogP contribution >= 0.6 is 0 Å². The molecule has 100 valence electrons. The van der Waals surface area contributed by atoms with Gasteiger partial charge in [0, 0.05) is 12.8 Å². The zero-order valence-corrected chi connectivity index (χ0v) is 11.8. The summed E-state index contributed by atoms with van der Waals surface area (Å²) >= 11 is 0. The van der Waals surface area contributed by atoms with Gasteiger partial charge in [-0.15, -0.1) is 0 Å². The van der Waals surface area contributed by atoms with Crippen molar-refractivity contribution in [1.29, 1.82) is 0 Å². The van der Waals surface area contributed by atoms with Gasteiger partial charge in [0.25, 0.3) is 0 Å². The van der Waals surface area contributed by atoms with E-state index >= 15 is 0 Å². The van der Waals surface area contributed by atoms with Crippen LogP contribution in [-0.2, 0) is 24.1 Å². The Kier molecular flexibility index (Phi) is 2.56. The third-order valence-corrected chi connectivity index (χ3v) is 4.81. The van der Waals surface area contributed by atoms with Gasteiger partial charge in [0.15, 0.2) is 0 Å². The van der Waals surface area contributed by atoms with E-state index in [0.29, 0.717) is 24.5 Å². The van der Waals surface area contributed by atoms with Gasteiger partial charge in [-0.3, -0.25) is 4.79 Å². The molecule has 0 saturated carbocycles. The monoisotopic (exact) mass is 262 g/mol. The van der Waals surface area contributed by atoms with E-state index in [2.05, 4.69) is 43.3 Å². The first-order valence-corrected chi connectivity index (χ1v) is 7.48. The van der Waals surface area contributed by atoms with Crippen LogP contribution in [0.5, 0.6) is 0 Å². The number of rotatable bonds is 0. The summed E-state index contributed by atoms with van der Waals surface area (Å²) in [5, 5.41) is 0. The molecule has 2 aliphatic carbocycles. The average molecular weight is 262 g/mol. The molecule has 1 atom stereocenters. The number of hydrogen-bond donors (Lipinski definition) is 0. The zero-order valence-electron chi connectivity index (χ0n) is 11.8. The number of benzene rings is 2. The Morgan fingerprint density at radius 2 is 1.80 bits per heavy atom. The third-order valence-electron chi connectivity index (χ3n) is 4.81. The van der Waals surface area contributed by atoms with Gasteiger partial charge in [0.05, 0.1) is 0 Å². The number of aryl methyl sites for hydroxylation is 1. The standard InChI is InChI=1S/C19H18O/c1-12-10-15(20)11-14-7-8-17-16-5-3-2-4-13(16)6-9-18(17)19(12)14/h2-5,7-8,12H,6,9-11H2,1H3. The van der Waals surface area contributed by atoms with E-state index in [-0.39, 0.29) is 0 Å². The largest absolute Gasteiger partial charge is 0.299 e. The highest BCUT2D eigenvalue weighted by Gasteiger charge is 2.28. The van der Waals surface area contributed by atoms with Crippen LogP contribution in [0.1, 0.15) is 41.5 Å². The van der Waals surface area contributed by atoms with Gasteiger partial charge in [-0.2, -0.15) is 0 Å². The molecule has 0 saturated heterocycles. The molecular weight excluding hydrogens is 244 g/mol. The predicted molar refractivity (Wildman–Crippen MR) is 81.0 cm³/mol. The van der Waals surface area contributed by atoms with Crippen molar-refractivity contribution < 1.29 is 4.79 Å². The normalized spacial score (nSPS) is 20.1. The maximum atomic E-state index is 11.8. The minimum Gasteiger partial charge on any atom is -0.299 e. The Morgan fingerprint density at radius 1 is 0.950 bits per heavy atom. The van der Waals surface area contributed by atoms with Gasteiger partial charge >= 0.3 is 0 Å². The first-order chi connectivity index (χ1) is 9.74. The Hall–Kier alpha value is -1.89. The predicted octanol–water partition coefficient (Wildman–Crippen LogP) is 4.07. The zero-order chi connectivity index (χ0) is 13.7. The van der Waals surface area contributed by atoms with Crippen molar-refractivity contribution in [1.82, 2.24) is 0 Å². The van der Waals surface area contributed by atoms with Crippen molar-refractivity contribution in [2.45, 2.75) is 38.5 Å². The minimum atomic E-state index is 0.381. The van der Waals surface area contributed by atoms with Crippen LogP contribution in [0.3, 0.4) is 0 Å². The van der Waals surface area contributed by atoms with Gasteiger partial charge in [-0.1, -0.05) is 43.3 Å². The highest BCUT2D eigenvalue weighted by molar-refractivity contribution is 5.86. The summed E-state index contributed by atoms with van der Waals surface area (Å²) in [5.41, 5.74) is 8.48. The maximum absolute atomic E-state index is 11.8. The van der Waals surface area contributed by atoms with Gasteiger partial charge in [0.2, 0.25) is 0 Å². The summed E-state index contributed by atoms with van der Waals surface area (Å²) in [4.78, 5) is 11.8. The lowest BCUT2D eigenvalue weighted by molar-refractivity contribution is -0.119. The van der Waals surface area contributed by atoms with Crippen molar-refractivity contribution >= 4 is 5.78 Å². The van der Waals surface area contributed by atoms with Gasteiger partial charge in [-0.25, -0.2) is 0 Å². The quantitative estimate of drug-likeness (QED) is 0.699. The van der Waals surface area contributed by atoms with Gasteiger partial charge < -0.3 is 0 Å². The summed E-state index contributed by atoms with van der Waals surface area (Å²) in [6.07, 6.45) is 3.59. The lowest BCUT2D eigenvalue weighted by Gasteiger charge is -2.29. The van der Waals surface area contributed by atoms with Crippen LogP contribution in [0.2, 0.25) is 0 Å². The summed E-state index contributed by atoms with van der Waals surface area (Å²) in [7, 11) is 0. The molecule has 0 N–H and O–H groups in total. The Bertz CT molecular complexity index is 712. The molecule has 2 aromatic carbocycles. The van der Waals surface area contributed by atoms with Crippen molar-refractivity contribution in [3.8, 4) is 11.1 Å². The lowest BCUT2D eigenvalue weighted by atomic mass is 9.74. The number of fused-ring (bicyclic) bond motifs is 5. The molecule has 0 fully saturated rings. The number of Topliss-reactive ketones (excluding diaryl/α,β-unsaturated/α-hetero) is 1. The second-order valence-electron chi connectivity index (χ2n) is 6.14. The fourth-order valence-electron chi connectivity index (χ4n) is 3.99. The Balaban J connectivity index is 1.96. The summed E-state index contributed by atoms with van der Waals surface area (Å²) < 4.78 is 0. The van der Waals surface area contributed by atoms with Crippen LogP contribution in [-0.4, -0.2) is 5.78 Å². The fourth-order valence-corrected chi connectivity index (χ4v) is 3.99. The van der Waals surface area contributed by atoms with Crippen molar-refractivity contribution in [2.75, 3.05) is 0 Å². The topological polar surface area (TPSA) is 17.1 Å². The molecule has 4 rings (SSSR count). The molecule has 1 nitrogen and oxygen atoms in total. The summed E-state index contributed by atoms with van der Waals surface area (Å²) in [6, 6.07) is 13.1. The first kappa shape index (κ1) is 11.9. The number of ketones is 1. The van der Waals surface area contributed by atoms with Crippen LogP contribution in [0.15, 0.2) is 36.4 Å². The van der Waals surface area contributed by atoms with Crippen LogP contribution < -0.4 is 0 Å². The number of carbonyl (C=O) groups excluding carboxylic acids is 1. The number of carbonyl (C=O) groups is 1. The Morgan fingerprint density at radius 3 is 2.70 bits per heavy atom. The highest BCUT2D eigenvalue weighted by atomic mass is 16.1. The maximum Gasteiger partial charge on any atom is 0.137 e. The third kappa shape index (κ3) is 1.66. The number of hydrogen-bond acceptors (Lipinski definition) is 1. The summed E-state index contributed by atoms with van der Waals surface area (Å²) in [5.74, 6) is 0.771. The lowest BCUT2D eigenvalue weighted by Crippen LogP contribution is -2.20. The van der Waals surface area contributed by atoms with E-state index in [4.69, 9.17) is 0 Å². The van der Waals surface area contributed by atoms with E-state index < -0.39 is 0 Å².